The minimum absolute atomic E-state index is 0.195. The summed E-state index contributed by atoms with van der Waals surface area (Å²) >= 11 is 0. The van der Waals surface area contributed by atoms with E-state index in [0.717, 1.165) is 0 Å². The van der Waals surface area contributed by atoms with E-state index in [-0.39, 0.29) is 6.04 Å². The van der Waals surface area contributed by atoms with Crippen LogP contribution in [0.25, 0.3) is 0 Å². The molecule has 0 saturated heterocycles. The molecule has 5 heteroatoms. The van der Waals surface area contributed by atoms with E-state index >= 15 is 0 Å². The first kappa shape index (κ1) is 9.73. The molecule has 5 nitrogen and oxygen atoms in total. The number of nitrogens with zero attached hydrogens (tertiary/aromatic N) is 2. The lowest BCUT2D eigenvalue weighted by atomic mass is 10.3. The molecule has 1 rings (SSSR count). The number of ether oxygens (including phenoxy) is 1. The van der Waals surface area contributed by atoms with Crippen molar-refractivity contribution in [3.8, 4) is 0 Å². The monoisotopic (exact) mass is 182 g/mol. The number of nitrogens with two attached hydrogens (primary N) is 1. The predicted octanol–water partition coefficient (Wildman–Crippen LogP) is 0.506. The summed E-state index contributed by atoms with van der Waals surface area (Å²) < 4.78 is 4.96. The Balaban J connectivity index is 2.53. The van der Waals surface area contributed by atoms with Crippen molar-refractivity contribution in [1.29, 1.82) is 0 Å². The van der Waals surface area contributed by atoms with Crippen LogP contribution in [0.3, 0.4) is 0 Å². The first-order valence-electron chi connectivity index (χ1n) is 4.05. The first-order valence-corrected chi connectivity index (χ1v) is 4.05. The quantitative estimate of drug-likeness (QED) is 0.709. The highest BCUT2D eigenvalue weighted by molar-refractivity contribution is 5.38. The van der Waals surface area contributed by atoms with Crippen LogP contribution in [-0.2, 0) is 4.74 Å². The molecule has 0 aliphatic rings. The van der Waals surface area contributed by atoms with Crippen LogP contribution in [0.2, 0.25) is 0 Å². The number of aromatic nitrogens is 2. The summed E-state index contributed by atoms with van der Waals surface area (Å²) in [5.41, 5.74) is 5.46. The maximum Gasteiger partial charge on any atom is 0.147 e. The molecule has 3 N–H and O–H groups in total. The van der Waals surface area contributed by atoms with E-state index in [4.69, 9.17) is 10.5 Å². The zero-order chi connectivity index (χ0) is 9.68. The largest absolute Gasteiger partial charge is 0.383 e. The smallest absolute Gasteiger partial charge is 0.147 e. The molecule has 1 atom stereocenters. The van der Waals surface area contributed by atoms with E-state index in [9.17, 15) is 0 Å². The van der Waals surface area contributed by atoms with Crippen molar-refractivity contribution in [1.82, 2.24) is 9.97 Å². The van der Waals surface area contributed by atoms with Crippen molar-refractivity contribution >= 4 is 11.6 Å². The highest BCUT2D eigenvalue weighted by Gasteiger charge is 2.01. The van der Waals surface area contributed by atoms with Crippen molar-refractivity contribution in [2.45, 2.75) is 13.0 Å². The number of nitrogen functional groups attached to an aromatic ring is 1. The molecule has 0 bridgehead atoms. The molecule has 1 heterocycles. The van der Waals surface area contributed by atoms with Crippen molar-refractivity contribution in [2.24, 2.45) is 0 Å². The highest BCUT2D eigenvalue weighted by atomic mass is 16.5. The minimum Gasteiger partial charge on any atom is -0.383 e. The lowest BCUT2D eigenvalue weighted by Crippen LogP contribution is -2.21. The summed E-state index contributed by atoms with van der Waals surface area (Å²) in [6.07, 6.45) is 3.13. The van der Waals surface area contributed by atoms with Crippen LogP contribution in [0.5, 0.6) is 0 Å². The highest BCUT2D eigenvalue weighted by Crippen LogP contribution is 2.04. The van der Waals surface area contributed by atoms with Gasteiger partial charge in [-0.15, -0.1) is 0 Å². The molecule has 0 aliphatic carbocycles. The van der Waals surface area contributed by atoms with Gasteiger partial charge < -0.3 is 15.8 Å². The Morgan fingerprint density at radius 3 is 3.00 bits per heavy atom. The minimum atomic E-state index is 0.195. The summed E-state index contributed by atoms with van der Waals surface area (Å²) in [4.78, 5) is 7.95. The van der Waals surface area contributed by atoms with E-state index in [2.05, 4.69) is 15.3 Å². The van der Waals surface area contributed by atoms with Crippen molar-refractivity contribution in [3.05, 3.63) is 12.4 Å². The third-order valence-electron chi connectivity index (χ3n) is 1.46. The number of hydrogen-bond acceptors (Lipinski definition) is 5. The molecule has 1 aromatic heterocycles. The van der Waals surface area contributed by atoms with Crippen molar-refractivity contribution < 1.29 is 4.74 Å². The van der Waals surface area contributed by atoms with Crippen LogP contribution < -0.4 is 11.1 Å². The number of nitrogens with one attached hydrogen (secondary N) is 1. The molecular weight excluding hydrogens is 168 g/mol. The Morgan fingerprint density at radius 1 is 1.62 bits per heavy atom. The fourth-order valence-electron chi connectivity index (χ4n) is 0.995. The molecule has 0 aromatic carbocycles. The second kappa shape index (κ2) is 4.61. The number of methoxy groups -OCH3 is 1. The van der Waals surface area contributed by atoms with E-state index in [1.54, 1.807) is 13.3 Å². The van der Waals surface area contributed by atoms with Crippen LogP contribution in [-0.4, -0.2) is 29.7 Å². The summed E-state index contributed by atoms with van der Waals surface area (Å²) in [5, 5.41) is 3.11. The van der Waals surface area contributed by atoms with Gasteiger partial charge in [0.05, 0.1) is 19.0 Å². The van der Waals surface area contributed by atoms with Gasteiger partial charge in [-0.05, 0) is 6.92 Å². The van der Waals surface area contributed by atoms with E-state index in [1.165, 1.54) is 6.20 Å². The van der Waals surface area contributed by atoms with E-state index in [1.807, 2.05) is 6.92 Å². The van der Waals surface area contributed by atoms with Crippen LogP contribution in [0.1, 0.15) is 6.92 Å². The number of hydrogen-bond donors (Lipinski definition) is 2. The summed E-state index contributed by atoms with van der Waals surface area (Å²) in [6, 6.07) is 0.195. The standard InChI is InChI=1S/C8H14N4O/c1-6(5-13-2)11-8-4-10-3-7(9)12-8/h3-4,6H,5H2,1-2H3,(H3,9,11,12). The molecule has 72 valence electrons. The topological polar surface area (TPSA) is 73.1 Å². The Morgan fingerprint density at radius 2 is 2.38 bits per heavy atom. The van der Waals surface area contributed by atoms with Gasteiger partial charge in [0.25, 0.3) is 0 Å². The van der Waals surface area contributed by atoms with Crippen LogP contribution >= 0.6 is 0 Å². The van der Waals surface area contributed by atoms with E-state index in [0.29, 0.717) is 18.2 Å². The van der Waals surface area contributed by atoms with Gasteiger partial charge in [-0.2, -0.15) is 0 Å². The molecule has 0 saturated carbocycles. The average molecular weight is 182 g/mol. The van der Waals surface area contributed by atoms with Crippen molar-refractivity contribution in [2.75, 3.05) is 24.8 Å². The first-order chi connectivity index (χ1) is 6.22. The van der Waals surface area contributed by atoms with Gasteiger partial charge in [0.1, 0.15) is 11.6 Å². The van der Waals surface area contributed by atoms with Crippen molar-refractivity contribution in [3.63, 3.8) is 0 Å². The Hall–Kier alpha value is -1.36. The maximum atomic E-state index is 5.46. The molecule has 13 heavy (non-hydrogen) atoms. The zero-order valence-corrected chi connectivity index (χ0v) is 7.82. The van der Waals surface area contributed by atoms with Gasteiger partial charge >= 0.3 is 0 Å². The Kier molecular flexibility index (Phi) is 3.45. The van der Waals surface area contributed by atoms with Crippen LogP contribution in [0.15, 0.2) is 12.4 Å². The lowest BCUT2D eigenvalue weighted by Gasteiger charge is -2.12. The summed E-state index contributed by atoms with van der Waals surface area (Å²) in [6.45, 7) is 2.62. The molecule has 0 spiro atoms. The third-order valence-corrected chi connectivity index (χ3v) is 1.46. The fourth-order valence-corrected chi connectivity index (χ4v) is 0.995. The van der Waals surface area contributed by atoms with Crippen LogP contribution in [0, 0.1) is 0 Å². The van der Waals surface area contributed by atoms with Gasteiger partial charge in [-0.3, -0.25) is 4.98 Å². The predicted molar refractivity (Wildman–Crippen MR) is 51.4 cm³/mol. The molecule has 1 unspecified atom stereocenters. The summed E-state index contributed by atoms with van der Waals surface area (Å²) in [7, 11) is 1.66. The van der Waals surface area contributed by atoms with Gasteiger partial charge in [0.2, 0.25) is 0 Å². The molecule has 0 aliphatic heterocycles. The van der Waals surface area contributed by atoms with Gasteiger partial charge in [-0.25, -0.2) is 4.98 Å². The summed E-state index contributed by atoms with van der Waals surface area (Å²) in [5.74, 6) is 1.08. The van der Waals surface area contributed by atoms with Gasteiger partial charge in [-0.1, -0.05) is 0 Å². The van der Waals surface area contributed by atoms with Gasteiger partial charge in [0.15, 0.2) is 0 Å². The molecule has 0 fully saturated rings. The lowest BCUT2D eigenvalue weighted by molar-refractivity contribution is 0.190. The molecule has 1 aromatic rings. The van der Waals surface area contributed by atoms with Gasteiger partial charge in [0, 0.05) is 13.2 Å². The van der Waals surface area contributed by atoms with E-state index < -0.39 is 0 Å². The zero-order valence-electron chi connectivity index (χ0n) is 7.82. The second-order valence-electron chi connectivity index (χ2n) is 2.83. The second-order valence-corrected chi connectivity index (χ2v) is 2.83. The molecule has 0 amide bonds. The Bertz CT molecular complexity index is 266. The number of rotatable bonds is 4. The Labute approximate surface area is 77.3 Å². The fraction of sp³-hybridized carbons (Fsp3) is 0.500. The average Bonchev–Trinajstić information content (AvgIpc) is 2.04. The molecule has 0 radical (unpaired) electrons. The maximum absolute atomic E-state index is 5.46. The normalized spacial score (nSPS) is 12.5. The third kappa shape index (κ3) is 3.25. The SMILES string of the molecule is COCC(C)Nc1cncc(N)n1. The number of anilines is 2. The molecular formula is C8H14N4O. The van der Waals surface area contributed by atoms with Crippen LogP contribution in [0.4, 0.5) is 11.6 Å².